The quantitative estimate of drug-likeness (QED) is 0.781. The minimum absolute atomic E-state index is 0.315. The van der Waals surface area contributed by atoms with Gasteiger partial charge >= 0.3 is 6.01 Å². The Morgan fingerprint density at radius 3 is 3.00 bits per heavy atom. The molecule has 0 atom stereocenters. The van der Waals surface area contributed by atoms with Crippen molar-refractivity contribution in [2.24, 2.45) is 0 Å². The average molecular weight is 188 g/mol. The van der Waals surface area contributed by atoms with Crippen LogP contribution in [0.5, 0.6) is 6.01 Å². The molecule has 0 radical (unpaired) electrons. The highest BCUT2D eigenvalue weighted by atomic mass is 35.5. The molecule has 1 rings (SSSR count). The van der Waals surface area contributed by atoms with Crippen molar-refractivity contribution in [3.63, 3.8) is 0 Å². The van der Waals surface area contributed by atoms with Crippen LogP contribution in [0, 0.1) is 0 Å². The highest BCUT2D eigenvalue weighted by molar-refractivity contribution is 6.32. The monoisotopic (exact) mass is 187 g/mol. The predicted octanol–water partition coefficient (Wildman–Crippen LogP) is 1.57. The van der Waals surface area contributed by atoms with Crippen molar-refractivity contribution in [1.82, 2.24) is 9.97 Å². The Morgan fingerprint density at radius 2 is 2.42 bits per heavy atom. The molecule has 0 aliphatic rings. The number of rotatable bonds is 3. The zero-order valence-electron chi connectivity index (χ0n) is 6.97. The number of methoxy groups -OCH3 is 1. The van der Waals surface area contributed by atoms with Crippen LogP contribution in [-0.2, 0) is 0 Å². The van der Waals surface area contributed by atoms with Gasteiger partial charge in [-0.25, -0.2) is 4.98 Å². The van der Waals surface area contributed by atoms with E-state index >= 15 is 0 Å². The fraction of sp³-hybridized carbons (Fsp3) is 0.429. The predicted molar refractivity (Wildman–Crippen MR) is 47.8 cm³/mol. The molecule has 0 saturated carbocycles. The second-order valence-corrected chi connectivity index (χ2v) is 2.49. The van der Waals surface area contributed by atoms with Crippen molar-refractivity contribution in [2.75, 3.05) is 19.0 Å². The van der Waals surface area contributed by atoms with E-state index in [0.717, 1.165) is 6.54 Å². The fourth-order valence-electron chi connectivity index (χ4n) is 0.741. The summed E-state index contributed by atoms with van der Waals surface area (Å²) in [6.07, 6.45) is 1.51. The number of nitrogens with one attached hydrogen (secondary N) is 1. The Hall–Kier alpha value is -1.03. The van der Waals surface area contributed by atoms with Gasteiger partial charge in [-0.1, -0.05) is 11.6 Å². The summed E-state index contributed by atoms with van der Waals surface area (Å²) in [4.78, 5) is 7.84. The van der Waals surface area contributed by atoms with E-state index in [1.165, 1.54) is 13.3 Å². The van der Waals surface area contributed by atoms with Crippen molar-refractivity contribution in [1.29, 1.82) is 0 Å². The van der Waals surface area contributed by atoms with Gasteiger partial charge in [-0.05, 0) is 6.92 Å². The maximum absolute atomic E-state index is 5.79. The molecule has 0 amide bonds. The summed E-state index contributed by atoms with van der Waals surface area (Å²) >= 11 is 5.79. The third-order valence-electron chi connectivity index (χ3n) is 1.25. The van der Waals surface area contributed by atoms with Crippen LogP contribution in [0.4, 0.5) is 5.82 Å². The second-order valence-electron chi connectivity index (χ2n) is 2.08. The molecule has 1 N–H and O–H groups in total. The lowest BCUT2D eigenvalue weighted by Crippen LogP contribution is -2.02. The SMILES string of the molecule is CCNc1nc(OC)ncc1Cl. The molecule has 66 valence electrons. The summed E-state index contributed by atoms with van der Waals surface area (Å²) in [6.45, 7) is 2.73. The maximum atomic E-state index is 5.79. The van der Waals surface area contributed by atoms with Crippen LogP contribution in [-0.4, -0.2) is 23.6 Å². The minimum Gasteiger partial charge on any atom is -0.467 e. The van der Waals surface area contributed by atoms with Gasteiger partial charge in [0.15, 0.2) is 5.82 Å². The van der Waals surface area contributed by atoms with E-state index in [9.17, 15) is 0 Å². The molecular weight excluding hydrogens is 178 g/mol. The molecule has 5 heteroatoms. The number of ether oxygens (including phenoxy) is 1. The summed E-state index contributed by atoms with van der Waals surface area (Å²) in [5.41, 5.74) is 0. The maximum Gasteiger partial charge on any atom is 0.318 e. The summed E-state index contributed by atoms with van der Waals surface area (Å²) in [6, 6.07) is 0.315. The number of aromatic nitrogens is 2. The van der Waals surface area contributed by atoms with Gasteiger partial charge in [0.25, 0.3) is 0 Å². The first-order valence-corrected chi connectivity index (χ1v) is 3.96. The van der Waals surface area contributed by atoms with E-state index < -0.39 is 0 Å². The van der Waals surface area contributed by atoms with Crippen LogP contribution >= 0.6 is 11.6 Å². The zero-order chi connectivity index (χ0) is 8.97. The molecule has 0 bridgehead atoms. The number of hydrogen-bond donors (Lipinski definition) is 1. The van der Waals surface area contributed by atoms with Gasteiger partial charge in [0, 0.05) is 6.54 Å². The zero-order valence-corrected chi connectivity index (χ0v) is 7.72. The van der Waals surface area contributed by atoms with Gasteiger partial charge in [0.1, 0.15) is 5.02 Å². The van der Waals surface area contributed by atoms with Crippen molar-refractivity contribution < 1.29 is 4.74 Å². The van der Waals surface area contributed by atoms with Gasteiger partial charge in [0.05, 0.1) is 13.3 Å². The third-order valence-corrected chi connectivity index (χ3v) is 1.53. The normalized spacial score (nSPS) is 9.58. The lowest BCUT2D eigenvalue weighted by Gasteiger charge is -2.04. The van der Waals surface area contributed by atoms with E-state index in [4.69, 9.17) is 16.3 Å². The largest absolute Gasteiger partial charge is 0.467 e. The smallest absolute Gasteiger partial charge is 0.318 e. The summed E-state index contributed by atoms with van der Waals surface area (Å²) in [7, 11) is 1.51. The van der Waals surface area contributed by atoms with Crippen molar-refractivity contribution >= 4 is 17.4 Å². The molecule has 0 aliphatic heterocycles. The Bertz CT molecular complexity index is 267. The van der Waals surface area contributed by atoms with Crippen LogP contribution in [0.15, 0.2) is 6.20 Å². The number of hydrogen-bond acceptors (Lipinski definition) is 4. The molecule has 0 unspecified atom stereocenters. The molecule has 0 fully saturated rings. The number of anilines is 1. The Balaban J connectivity index is 2.91. The molecule has 1 aromatic heterocycles. The van der Waals surface area contributed by atoms with Gasteiger partial charge in [-0.2, -0.15) is 4.98 Å². The van der Waals surface area contributed by atoms with E-state index in [1.807, 2.05) is 6.92 Å². The van der Waals surface area contributed by atoms with Gasteiger partial charge in [0.2, 0.25) is 0 Å². The lowest BCUT2D eigenvalue weighted by molar-refractivity contribution is 0.380. The molecule has 0 spiro atoms. The van der Waals surface area contributed by atoms with Crippen molar-refractivity contribution in [2.45, 2.75) is 6.92 Å². The number of halogens is 1. The number of nitrogens with zero attached hydrogens (tertiary/aromatic N) is 2. The molecule has 1 heterocycles. The van der Waals surface area contributed by atoms with Crippen molar-refractivity contribution in [3.05, 3.63) is 11.2 Å². The van der Waals surface area contributed by atoms with Crippen LogP contribution in [0.3, 0.4) is 0 Å². The van der Waals surface area contributed by atoms with E-state index in [2.05, 4.69) is 15.3 Å². The van der Waals surface area contributed by atoms with Gasteiger partial charge in [-0.3, -0.25) is 0 Å². The second kappa shape index (κ2) is 4.11. The van der Waals surface area contributed by atoms with Crippen molar-refractivity contribution in [3.8, 4) is 6.01 Å². The standard InChI is InChI=1S/C7H10ClN3O/c1-3-9-6-5(8)4-10-7(11-6)12-2/h4H,3H2,1-2H3,(H,9,10,11). The average Bonchev–Trinajstić information content (AvgIpc) is 2.09. The minimum atomic E-state index is 0.315. The first-order valence-electron chi connectivity index (χ1n) is 3.58. The Morgan fingerprint density at radius 1 is 1.67 bits per heavy atom. The molecule has 0 aromatic carbocycles. The molecule has 1 aromatic rings. The highest BCUT2D eigenvalue weighted by Gasteiger charge is 2.03. The Kier molecular flexibility index (Phi) is 3.10. The third kappa shape index (κ3) is 1.98. The Labute approximate surface area is 75.9 Å². The summed E-state index contributed by atoms with van der Waals surface area (Å²) < 4.78 is 4.84. The van der Waals surface area contributed by atoms with Crippen LogP contribution < -0.4 is 10.1 Å². The van der Waals surface area contributed by atoms with Gasteiger partial charge in [-0.15, -0.1) is 0 Å². The molecule has 0 aliphatic carbocycles. The van der Waals surface area contributed by atoms with Crippen LogP contribution in [0.1, 0.15) is 6.92 Å². The molecule has 12 heavy (non-hydrogen) atoms. The highest BCUT2D eigenvalue weighted by Crippen LogP contribution is 2.19. The van der Waals surface area contributed by atoms with E-state index in [1.54, 1.807) is 0 Å². The van der Waals surface area contributed by atoms with E-state index in [-0.39, 0.29) is 0 Å². The first-order chi connectivity index (χ1) is 5.77. The molecule has 0 saturated heterocycles. The van der Waals surface area contributed by atoms with Crippen LogP contribution in [0.2, 0.25) is 5.02 Å². The summed E-state index contributed by atoms with van der Waals surface area (Å²) in [5.74, 6) is 0.603. The first kappa shape index (κ1) is 9.06. The van der Waals surface area contributed by atoms with Gasteiger partial charge < -0.3 is 10.1 Å². The fourth-order valence-corrected chi connectivity index (χ4v) is 0.899. The van der Waals surface area contributed by atoms with Crippen LogP contribution in [0.25, 0.3) is 0 Å². The lowest BCUT2D eigenvalue weighted by atomic mass is 10.5. The summed E-state index contributed by atoms with van der Waals surface area (Å²) in [5, 5.41) is 3.49. The molecule has 4 nitrogen and oxygen atoms in total. The van der Waals surface area contributed by atoms with E-state index in [0.29, 0.717) is 16.9 Å². The molecular formula is C7H10ClN3O. The topological polar surface area (TPSA) is 47.0 Å².